The molecule has 0 spiro atoms. The number of Topliss-reactive ketones (excluding diaryl/α,β-unsaturated/α-hetero) is 1. The molecule has 5 rings (SSSR count). The van der Waals surface area contributed by atoms with Gasteiger partial charge >= 0.3 is 0 Å². The number of aliphatic hydroxyl groups excluding tert-OH is 1. The molecule has 0 amide bonds. The van der Waals surface area contributed by atoms with Gasteiger partial charge in [-0.05, 0) is 78.8 Å². The lowest BCUT2D eigenvalue weighted by Crippen LogP contribution is -2.15. The number of aliphatic hydroxyl groups is 1. The number of halogens is 3. The van der Waals surface area contributed by atoms with Crippen molar-refractivity contribution < 1.29 is 14.3 Å². The summed E-state index contributed by atoms with van der Waals surface area (Å²) in [5.74, 6) is 0.431. The number of rotatable bonds is 3. The lowest BCUT2D eigenvalue weighted by molar-refractivity contribution is -0.114. The summed E-state index contributed by atoms with van der Waals surface area (Å²) in [7, 11) is 0. The first kappa shape index (κ1) is 21.4. The highest BCUT2D eigenvalue weighted by atomic mass is 35.5. The first-order chi connectivity index (χ1) is 14.4. The van der Waals surface area contributed by atoms with Crippen molar-refractivity contribution in [1.82, 2.24) is 0 Å². The Morgan fingerprint density at radius 1 is 1.03 bits per heavy atom. The Morgan fingerprint density at radius 3 is 2.33 bits per heavy atom. The molecule has 0 saturated heterocycles. The standard InChI is InChI=1S/C25H25Cl2FO2/c1-2-16-7-8-17(24-20(27)12-18(26)13-21(24)28)11-19(16)25-22(29)9-14-3-4-15(6-5-14)10-23(25)30/h7-8,11-15,29H,2-6,9-10H2,1H3. The van der Waals surface area contributed by atoms with Gasteiger partial charge in [0.2, 0.25) is 0 Å². The van der Waals surface area contributed by atoms with Gasteiger partial charge in [0, 0.05) is 23.4 Å². The van der Waals surface area contributed by atoms with E-state index in [4.69, 9.17) is 23.2 Å². The van der Waals surface area contributed by atoms with Crippen LogP contribution in [0.25, 0.3) is 16.7 Å². The third-order valence-electron chi connectivity index (χ3n) is 6.55. The van der Waals surface area contributed by atoms with E-state index in [2.05, 4.69) is 0 Å². The first-order valence-corrected chi connectivity index (χ1v) is 11.4. The molecular weight excluding hydrogens is 422 g/mol. The topological polar surface area (TPSA) is 37.3 Å². The van der Waals surface area contributed by atoms with Crippen LogP contribution in [0, 0.1) is 17.7 Å². The molecule has 2 aromatic carbocycles. The number of hydrogen-bond acceptors (Lipinski definition) is 2. The number of hydrogen-bond donors (Lipinski definition) is 1. The van der Waals surface area contributed by atoms with E-state index < -0.39 is 5.82 Å². The molecule has 1 N–H and O–H groups in total. The van der Waals surface area contributed by atoms with E-state index in [1.54, 1.807) is 12.1 Å². The van der Waals surface area contributed by atoms with Gasteiger partial charge in [0.1, 0.15) is 11.6 Å². The molecule has 3 aliphatic rings. The summed E-state index contributed by atoms with van der Waals surface area (Å²) in [6.07, 6.45) is 5.88. The minimum absolute atomic E-state index is 0.0189. The van der Waals surface area contributed by atoms with Gasteiger partial charge in [-0.15, -0.1) is 0 Å². The zero-order valence-corrected chi connectivity index (χ0v) is 18.5. The molecule has 0 radical (unpaired) electrons. The molecule has 0 aliphatic heterocycles. The molecule has 1 fully saturated rings. The first-order valence-electron chi connectivity index (χ1n) is 10.6. The van der Waals surface area contributed by atoms with Crippen LogP contribution in [-0.4, -0.2) is 10.9 Å². The van der Waals surface area contributed by atoms with E-state index in [-0.39, 0.29) is 27.2 Å². The van der Waals surface area contributed by atoms with E-state index in [9.17, 15) is 14.3 Å². The third kappa shape index (κ3) is 4.15. The molecular formula is C25H25Cl2FO2. The van der Waals surface area contributed by atoms with Gasteiger partial charge in [-0.3, -0.25) is 4.79 Å². The van der Waals surface area contributed by atoms with Crippen LogP contribution in [0.4, 0.5) is 4.39 Å². The summed E-state index contributed by atoms with van der Waals surface area (Å²) in [6, 6.07) is 8.23. The summed E-state index contributed by atoms with van der Waals surface area (Å²) in [5, 5.41) is 11.5. The van der Waals surface area contributed by atoms with Crippen molar-refractivity contribution in [3.8, 4) is 11.1 Å². The molecule has 2 nitrogen and oxygen atoms in total. The summed E-state index contributed by atoms with van der Waals surface area (Å²) >= 11 is 12.2. The van der Waals surface area contributed by atoms with Crippen molar-refractivity contribution in [1.29, 1.82) is 0 Å². The molecule has 3 aliphatic carbocycles. The fourth-order valence-corrected chi connectivity index (χ4v) is 5.51. The second-order valence-electron chi connectivity index (χ2n) is 8.51. The maximum Gasteiger partial charge on any atom is 0.167 e. The summed E-state index contributed by atoms with van der Waals surface area (Å²) in [5.41, 5.74) is 2.85. The van der Waals surface area contributed by atoms with Gasteiger partial charge < -0.3 is 5.11 Å². The Bertz CT molecular complexity index is 997. The highest BCUT2D eigenvalue weighted by Crippen LogP contribution is 2.41. The van der Waals surface area contributed by atoms with Crippen LogP contribution >= 0.6 is 23.2 Å². The summed E-state index contributed by atoms with van der Waals surface area (Å²) < 4.78 is 14.7. The van der Waals surface area contributed by atoms with Gasteiger partial charge in [-0.2, -0.15) is 0 Å². The van der Waals surface area contributed by atoms with Crippen LogP contribution in [0.2, 0.25) is 10.0 Å². The molecule has 158 valence electrons. The number of carbonyl (C=O) groups excluding carboxylic acids is 1. The minimum atomic E-state index is -0.514. The normalized spacial score (nSPS) is 22.1. The molecule has 0 unspecified atom stereocenters. The van der Waals surface area contributed by atoms with Crippen molar-refractivity contribution in [3.05, 3.63) is 63.1 Å². The van der Waals surface area contributed by atoms with Gasteiger partial charge in [-0.1, -0.05) is 42.3 Å². The van der Waals surface area contributed by atoms with Crippen LogP contribution in [0.15, 0.2) is 36.1 Å². The van der Waals surface area contributed by atoms with Crippen LogP contribution in [-0.2, 0) is 11.2 Å². The molecule has 0 atom stereocenters. The number of benzene rings is 2. The van der Waals surface area contributed by atoms with Gasteiger partial charge in [-0.25, -0.2) is 4.39 Å². The van der Waals surface area contributed by atoms with Gasteiger partial charge in [0.15, 0.2) is 5.78 Å². The van der Waals surface area contributed by atoms with E-state index in [0.29, 0.717) is 47.8 Å². The quantitative estimate of drug-likeness (QED) is 0.521. The predicted octanol–water partition coefficient (Wildman–Crippen LogP) is 7.80. The SMILES string of the molecule is CCc1ccc(-c2c(F)cc(Cl)cc2Cl)cc1C1=C(O)CC2CCC(CC2)CC1=O. The number of aryl methyl sites for hydroxylation is 1. The largest absolute Gasteiger partial charge is 0.512 e. The van der Waals surface area contributed by atoms with E-state index in [0.717, 1.165) is 31.2 Å². The smallest absolute Gasteiger partial charge is 0.167 e. The van der Waals surface area contributed by atoms with Crippen molar-refractivity contribution in [2.24, 2.45) is 11.8 Å². The molecule has 30 heavy (non-hydrogen) atoms. The van der Waals surface area contributed by atoms with Crippen molar-refractivity contribution >= 4 is 34.6 Å². The van der Waals surface area contributed by atoms with Crippen LogP contribution in [0.5, 0.6) is 0 Å². The number of carbonyl (C=O) groups is 1. The monoisotopic (exact) mass is 446 g/mol. The van der Waals surface area contributed by atoms with Crippen molar-refractivity contribution in [2.75, 3.05) is 0 Å². The second-order valence-corrected chi connectivity index (χ2v) is 9.35. The predicted molar refractivity (Wildman–Crippen MR) is 120 cm³/mol. The Kier molecular flexibility index (Phi) is 6.22. The Morgan fingerprint density at radius 2 is 1.70 bits per heavy atom. The summed E-state index contributed by atoms with van der Waals surface area (Å²) in [4.78, 5) is 13.3. The van der Waals surface area contributed by atoms with Crippen LogP contribution in [0.3, 0.4) is 0 Å². The van der Waals surface area contributed by atoms with E-state index >= 15 is 0 Å². The Balaban J connectivity index is 1.87. The molecule has 2 aromatic rings. The molecule has 0 aromatic heterocycles. The lowest BCUT2D eigenvalue weighted by atomic mass is 9.79. The fourth-order valence-electron chi connectivity index (χ4n) is 4.94. The maximum atomic E-state index is 14.7. The zero-order chi connectivity index (χ0) is 21.4. The minimum Gasteiger partial charge on any atom is -0.512 e. The average Bonchev–Trinajstić information content (AvgIpc) is 2.78. The van der Waals surface area contributed by atoms with Crippen molar-refractivity contribution in [3.63, 3.8) is 0 Å². The third-order valence-corrected chi connectivity index (χ3v) is 7.06. The zero-order valence-electron chi connectivity index (χ0n) is 17.0. The molecule has 0 heterocycles. The van der Waals surface area contributed by atoms with Crippen molar-refractivity contribution in [2.45, 2.75) is 51.9 Å². The van der Waals surface area contributed by atoms with Gasteiger partial charge in [0.05, 0.1) is 10.6 Å². The van der Waals surface area contributed by atoms with Crippen LogP contribution in [0.1, 0.15) is 56.6 Å². The molecule has 2 bridgehead atoms. The number of allylic oxidation sites excluding steroid dienone is 2. The number of ketones is 1. The van der Waals surface area contributed by atoms with E-state index in [1.807, 2.05) is 13.0 Å². The molecule has 5 heteroatoms. The summed E-state index contributed by atoms with van der Waals surface area (Å²) in [6.45, 7) is 2.01. The molecule has 1 saturated carbocycles. The number of fused-ring (bicyclic) bond motifs is 5. The fraction of sp³-hybridized carbons (Fsp3) is 0.400. The highest BCUT2D eigenvalue weighted by molar-refractivity contribution is 6.36. The Labute approximate surface area is 186 Å². The second kappa shape index (κ2) is 8.72. The average molecular weight is 447 g/mol. The van der Waals surface area contributed by atoms with Crippen LogP contribution < -0.4 is 0 Å². The van der Waals surface area contributed by atoms with Gasteiger partial charge in [0.25, 0.3) is 0 Å². The van der Waals surface area contributed by atoms with E-state index in [1.165, 1.54) is 12.1 Å². The highest BCUT2D eigenvalue weighted by Gasteiger charge is 2.31. The lowest BCUT2D eigenvalue weighted by Gasteiger charge is -2.26. The maximum absolute atomic E-state index is 14.7. The Hall–Kier alpha value is -1.84.